The molecule has 0 radical (unpaired) electrons. The van der Waals surface area contributed by atoms with Crippen LogP contribution in [0.5, 0.6) is 0 Å². The minimum atomic E-state index is 0.350. The predicted molar refractivity (Wildman–Crippen MR) is 106 cm³/mol. The Hall–Kier alpha value is -0.590. The van der Waals surface area contributed by atoms with E-state index in [1.165, 1.54) is 16.9 Å². The summed E-state index contributed by atoms with van der Waals surface area (Å²) < 4.78 is 0.934. The van der Waals surface area contributed by atoms with Crippen LogP contribution in [0.25, 0.3) is 10.2 Å². The Morgan fingerprint density at radius 1 is 1.43 bits per heavy atom. The molecular formula is C17H22BrN3S2. The van der Waals surface area contributed by atoms with Crippen LogP contribution < -0.4 is 5.73 Å². The molecule has 0 aliphatic heterocycles. The largest absolute Gasteiger partial charge is 0.383 e. The highest BCUT2D eigenvalue weighted by atomic mass is 79.9. The normalized spacial score (nSPS) is 18.2. The lowest BCUT2D eigenvalue weighted by Gasteiger charge is -2.33. The zero-order valence-corrected chi connectivity index (χ0v) is 17.0. The Labute approximate surface area is 154 Å². The van der Waals surface area contributed by atoms with Crippen molar-refractivity contribution < 1.29 is 0 Å². The highest BCUT2D eigenvalue weighted by molar-refractivity contribution is 9.11. The average molecular weight is 412 g/mol. The molecule has 0 amide bonds. The van der Waals surface area contributed by atoms with Crippen molar-refractivity contribution in [2.24, 2.45) is 11.3 Å². The van der Waals surface area contributed by atoms with Gasteiger partial charge in [-0.2, -0.15) is 0 Å². The number of halogens is 1. The van der Waals surface area contributed by atoms with Crippen LogP contribution in [0.3, 0.4) is 0 Å². The van der Waals surface area contributed by atoms with Crippen LogP contribution in [0.4, 0.5) is 5.82 Å². The zero-order valence-electron chi connectivity index (χ0n) is 13.8. The minimum absolute atomic E-state index is 0.350. The molecule has 0 aromatic carbocycles. The number of thioether (sulfide) groups is 1. The van der Waals surface area contributed by atoms with Crippen molar-refractivity contribution in [3.05, 3.63) is 21.5 Å². The van der Waals surface area contributed by atoms with Gasteiger partial charge in [-0.1, -0.05) is 55.0 Å². The zero-order chi connectivity index (χ0) is 16.8. The van der Waals surface area contributed by atoms with Gasteiger partial charge in [0.15, 0.2) is 5.16 Å². The summed E-state index contributed by atoms with van der Waals surface area (Å²) >= 11 is 6.74. The fraction of sp³-hybridized carbons (Fsp3) is 0.529. The average Bonchev–Trinajstić information content (AvgIpc) is 2.81. The number of thiophene rings is 1. The van der Waals surface area contributed by atoms with Crippen LogP contribution >= 0.6 is 39.0 Å². The van der Waals surface area contributed by atoms with Crippen LogP contribution in [0, 0.1) is 11.3 Å². The van der Waals surface area contributed by atoms with Gasteiger partial charge in [0.2, 0.25) is 0 Å². The van der Waals surface area contributed by atoms with E-state index < -0.39 is 0 Å². The summed E-state index contributed by atoms with van der Waals surface area (Å²) in [6, 6.07) is 0. The Morgan fingerprint density at radius 2 is 2.17 bits per heavy atom. The van der Waals surface area contributed by atoms with Crippen LogP contribution in [0.1, 0.15) is 37.6 Å². The Bertz CT molecular complexity index is 761. The van der Waals surface area contributed by atoms with Crippen molar-refractivity contribution in [2.75, 3.05) is 11.5 Å². The number of rotatable bonds is 3. The molecule has 2 N–H and O–H groups in total. The number of aryl methyl sites for hydroxylation is 1. The first-order chi connectivity index (χ1) is 10.8. The minimum Gasteiger partial charge on any atom is -0.383 e. The van der Waals surface area contributed by atoms with E-state index in [2.05, 4.69) is 48.3 Å². The highest BCUT2D eigenvalue weighted by Crippen LogP contribution is 2.44. The van der Waals surface area contributed by atoms with E-state index in [0.29, 0.717) is 11.2 Å². The number of anilines is 1. The number of nitrogens with zero attached hydrogens (tertiary/aromatic N) is 2. The van der Waals surface area contributed by atoms with Crippen molar-refractivity contribution in [1.82, 2.24) is 9.97 Å². The van der Waals surface area contributed by atoms with E-state index in [0.717, 1.165) is 44.4 Å². The number of hydrogen-bond acceptors (Lipinski definition) is 5. The summed E-state index contributed by atoms with van der Waals surface area (Å²) in [4.78, 5) is 11.7. The van der Waals surface area contributed by atoms with Gasteiger partial charge in [0, 0.05) is 10.6 Å². The number of aromatic nitrogens is 2. The van der Waals surface area contributed by atoms with Crippen LogP contribution in [0.15, 0.2) is 16.2 Å². The standard InChI is InChI=1S/C17H22BrN3S2/c1-9(18)8-22-16-20-14(19)13-11-6-5-10(17(2,3)4)7-12(11)23-15(13)21-16/h10H,1,5-8H2,2-4H3,(H2,19,20,21)/t10-/m1/s1. The molecule has 23 heavy (non-hydrogen) atoms. The van der Waals surface area contributed by atoms with E-state index >= 15 is 0 Å². The number of nitrogen functional groups attached to an aromatic ring is 1. The predicted octanol–water partition coefficient (Wildman–Crippen LogP) is 5.43. The van der Waals surface area contributed by atoms with Gasteiger partial charge in [-0.15, -0.1) is 11.3 Å². The molecule has 0 saturated carbocycles. The fourth-order valence-electron chi connectivity index (χ4n) is 3.13. The second-order valence-corrected chi connectivity index (χ2v) is 10.3. The van der Waals surface area contributed by atoms with Crippen molar-refractivity contribution in [2.45, 2.75) is 45.2 Å². The maximum Gasteiger partial charge on any atom is 0.191 e. The van der Waals surface area contributed by atoms with Gasteiger partial charge in [-0.25, -0.2) is 9.97 Å². The van der Waals surface area contributed by atoms with Gasteiger partial charge >= 0.3 is 0 Å². The van der Waals surface area contributed by atoms with E-state index in [1.54, 1.807) is 23.1 Å². The van der Waals surface area contributed by atoms with Crippen molar-refractivity contribution >= 4 is 55.1 Å². The molecule has 3 rings (SSSR count). The highest BCUT2D eigenvalue weighted by Gasteiger charge is 2.31. The maximum atomic E-state index is 6.26. The van der Waals surface area contributed by atoms with E-state index in [9.17, 15) is 0 Å². The Balaban J connectivity index is 1.97. The molecule has 0 saturated heterocycles. The topological polar surface area (TPSA) is 51.8 Å². The van der Waals surface area contributed by atoms with Gasteiger partial charge in [-0.05, 0) is 40.6 Å². The molecule has 2 aromatic heterocycles. The molecule has 0 bridgehead atoms. The number of hydrogen-bond donors (Lipinski definition) is 1. The smallest absolute Gasteiger partial charge is 0.191 e. The third kappa shape index (κ3) is 3.59. The molecule has 0 spiro atoms. The van der Waals surface area contributed by atoms with Crippen LogP contribution in [-0.2, 0) is 12.8 Å². The molecule has 6 heteroatoms. The first-order valence-corrected chi connectivity index (χ1v) is 10.4. The SMILES string of the molecule is C=C(Br)CSc1nc(N)c2c3c(sc2n1)C[C@H](C(C)(C)C)CC3. The van der Waals surface area contributed by atoms with Gasteiger partial charge in [0.25, 0.3) is 0 Å². The fourth-order valence-corrected chi connectivity index (χ4v) is 5.44. The first kappa shape index (κ1) is 17.2. The summed E-state index contributed by atoms with van der Waals surface area (Å²) in [6.07, 6.45) is 3.46. The lowest BCUT2D eigenvalue weighted by Crippen LogP contribution is -2.26. The second kappa shape index (κ2) is 6.37. The van der Waals surface area contributed by atoms with E-state index in [4.69, 9.17) is 10.7 Å². The van der Waals surface area contributed by atoms with Gasteiger partial charge in [-0.3, -0.25) is 0 Å². The van der Waals surface area contributed by atoms with Crippen LogP contribution in [-0.4, -0.2) is 15.7 Å². The summed E-state index contributed by atoms with van der Waals surface area (Å²) in [5.41, 5.74) is 8.00. The Kier molecular flexibility index (Phi) is 4.78. The third-order valence-corrected chi connectivity index (χ3v) is 7.23. The number of nitrogens with two attached hydrogens (primary N) is 1. The van der Waals surface area contributed by atoms with Crippen molar-refractivity contribution in [3.63, 3.8) is 0 Å². The molecule has 1 atom stereocenters. The lowest BCUT2D eigenvalue weighted by atomic mass is 9.72. The van der Waals surface area contributed by atoms with Crippen molar-refractivity contribution in [3.8, 4) is 0 Å². The van der Waals surface area contributed by atoms with E-state index in [1.807, 2.05) is 0 Å². The third-order valence-electron chi connectivity index (χ3n) is 4.50. The first-order valence-electron chi connectivity index (χ1n) is 7.79. The Morgan fingerprint density at radius 3 is 2.83 bits per heavy atom. The molecule has 124 valence electrons. The lowest BCUT2D eigenvalue weighted by molar-refractivity contribution is 0.218. The molecule has 2 aromatic rings. The summed E-state index contributed by atoms with van der Waals surface area (Å²) in [5.74, 6) is 2.11. The summed E-state index contributed by atoms with van der Waals surface area (Å²) in [6.45, 7) is 10.9. The molecule has 2 heterocycles. The molecule has 3 nitrogen and oxygen atoms in total. The van der Waals surface area contributed by atoms with Gasteiger partial charge in [0.1, 0.15) is 10.6 Å². The molecule has 1 aliphatic carbocycles. The molecule has 1 aliphatic rings. The monoisotopic (exact) mass is 411 g/mol. The molecule has 0 unspecified atom stereocenters. The van der Waals surface area contributed by atoms with Gasteiger partial charge in [0.05, 0.1) is 5.39 Å². The van der Waals surface area contributed by atoms with Crippen LogP contribution in [0.2, 0.25) is 0 Å². The summed E-state index contributed by atoms with van der Waals surface area (Å²) in [7, 11) is 0. The quantitative estimate of drug-likeness (QED) is 0.540. The molecular weight excluding hydrogens is 390 g/mol. The number of fused-ring (bicyclic) bond motifs is 3. The molecule has 0 fully saturated rings. The van der Waals surface area contributed by atoms with E-state index in [-0.39, 0.29) is 0 Å². The second-order valence-electron chi connectivity index (χ2n) is 7.19. The summed E-state index contributed by atoms with van der Waals surface area (Å²) in [5, 5.41) is 1.83. The maximum absolute atomic E-state index is 6.26. The van der Waals surface area contributed by atoms with Gasteiger partial charge < -0.3 is 5.73 Å². The van der Waals surface area contributed by atoms with Crippen molar-refractivity contribution in [1.29, 1.82) is 0 Å².